The van der Waals surface area contributed by atoms with E-state index in [4.69, 9.17) is 5.73 Å². The number of rotatable bonds is 3. The van der Waals surface area contributed by atoms with Crippen molar-refractivity contribution in [3.63, 3.8) is 0 Å². The minimum absolute atomic E-state index is 0.376. The minimum atomic E-state index is 0.376. The zero-order valence-electron chi connectivity index (χ0n) is 9.27. The molecule has 1 heteroatoms. The molecule has 0 saturated carbocycles. The van der Waals surface area contributed by atoms with Gasteiger partial charge < -0.3 is 5.73 Å². The highest BCUT2D eigenvalue weighted by Crippen LogP contribution is 2.33. The Morgan fingerprint density at radius 1 is 1.54 bits per heavy atom. The van der Waals surface area contributed by atoms with Crippen LogP contribution in [0.3, 0.4) is 0 Å². The quantitative estimate of drug-likeness (QED) is 0.664. The molecule has 0 spiro atoms. The highest BCUT2D eigenvalue weighted by Gasteiger charge is 2.18. The summed E-state index contributed by atoms with van der Waals surface area (Å²) >= 11 is 0. The van der Waals surface area contributed by atoms with Crippen LogP contribution >= 0.6 is 0 Å². The average Bonchev–Trinajstić information content (AvgIpc) is 2.07. The third kappa shape index (κ3) is 3.15. The molecule has 0 bridgehead atoms. The van der Waals surface area contributed by atoms with Gasteiger partial charge in [0.2, 0.25) is 0 Å². The summed E-state index contributed by atoms with van der Waals surface area (Å²) in [5.74, 6) is 0.860. The second kappa shape index (κ2) is 4.80. The molecule has 0 heterocycles. The van der Waals surface area contributed by atoms with Crippen LogP contribution in [0.4, 0.5) is 0 Å². The lowest BCUT2D eigenvalue weighted by molar-refractivity contribution is 0.392. The monoisotopic (exact) mass is 181 g/mol. The molecule has 76 valence electrons. The van der Waals surface area contributed by atoms with Crippen LogP contribution < -0.4 is 5.73 Å². The maximum absolute atomic E-state index is 5.83. The summed E-state index contributed by atoms with van der Waals surface area (Å²) in [4.78, 5) is 0. The van der Waals surface area contributed by atoms with Gasteiger partial charge in [-0.15, -0.1) is 0 Å². The Bertz CT molecular complexity index is 191. The third-order valence-electron chi connectivity index (χ3n) is 3.20. The van der Waals surface area contributed by atoms with Gasteiger partial charge in [-0.25, -0.2) is 0 Å². The molecule has 0 aromatic carbocycles. The molecular formula is C12H23N. The van der Waals surface area contributed by atoms with Gasteiger partial charge in [0.1, 0.15) is 0 Å². The molecule has 0 amide bonds. The van der Waals surface area contributed by atoms with Crippen LogP contribution in [0.25, 0.3) is 0 Å². The summed E-state index contributed by atoms with van der Waals surface area (Å²) in [7, 11) is 0. The van der Waals surface area contributed by atoms with Crippen LogP contribution in [0.1, 0.15) is 52.9 Å². The first-order valence-corrected chi connectivity index (χ1v) is 5.56. The van der Waals surface area contributed by atoms with Crippen molar-refractivity contribution in [2.75, 3.05) is 0 Å². The van der Waals surface area contributed by atoms with E-state index in [9.17, 15) is 0 Å². The molecule has 13 heavy (non-hydrogen) atoms. The highest BCUT2D eigenvalue weighted by molar-refractivity contribution is 5.15. The van der Waals surface area contributed by atoms with Crippen molar-refractivity contribution >= 4 is 0 Å². The van der Waals surface area contributed by atoms with Crippen LogP contribution in [0.2, 0.25) is 0 Å². The van der Waals surface area contributed by atoms with Crippen molar-refractivity contribution in [3.05, 3.63) is 11.1 Å². The van der Waals surface area contributed by atoms with Gasteiger partial charge in [0.15, 0.2) is 0 Å². The van der Waals surface area contributed by atoms with Crippen molar-refractivity contribution in [3.8, 4) is 0 Å². The maximum Gasteiger partial charge on any atom is 0.00132 e. The molecule has 0 aliphatic heterocycles. The SMILES string of the molecule is CCC1=C(C)CCC(CC(C)N)C1. The van der Waals surface area contributed by atoms with Crippen LogP contribution in [-0.4, -0.2) is 6.04 Å². The van der Waals surface area contributed by atoms with Gasteiger partial charge in [-0.2, -0.15) is 0 Å². The Kier molecular flexibility index (Phi) is 3.98. The molecule has 1 aliphatic rings. The van der Waals surface area contributed by atoms with E-state index < -0.39 is 0 Å². The molecule has 1 aliphatic carbocycles. The molecule has 0 aromatic rings. The maximum atomic E-state index is 5.83. The molecule has 2 unspecified atom stereocenters. The first-order valence-electron chi connectivity index (χ1n) is 5.56. The normalized spacial score (nSPS) is 26.3. The van der Waals surface area contributed by atoms with Crippen molar-refractivity contribution in [1.29, 1.82) is 0 Å². The van der Waals surface area contributed by atoms with Crippen LogP contribution in [0.15, 0.2) is 11.1 Å². The van der Waals surface area contributed by atoms with E-state index in [2.05, 4.69) is 20.8 Å². The predicted molar refractivity (Wildman–Crippen MR) is 58.6 cm³/mol. The van der Waals surface area contributed by atoms with E-state index in [1.807, 2.05) is 0 Å². The first-order chi connectivity index (χ1) is 6.13. The summed E-state index contributed by atoms with van der Waals surface area (Å²) in [6.07, 6.45) is 6.42. The second-order valence-electron chi connectivity index (χ2n) is 4.56. The van der Waals surface area contributed by atoms with Crippen molar-refractivity contribution in [2.45, 2.75) is 58.9 Å². The average molecular weight is 181 g/mol. The van der Waals surface area contributed by atoms with Gasteiger partial charge in [0.25, 0.3) is 0 Å². The second-order valence-corrected chi connectivity index (χ2v) is 4.56. The Balaban J connectivity index is 2.49. The van der Waals surface area contributed by atoms with Gasteiger partial charge >= 0.3 is 0 Å². The standard InChI is InChI=1S/C12H23N/c1-4-12-8-11(7-10(3)13)6-5-9(12)2/h10-11H,4-8,13H2,1-3H3. The summed E-state index contributed by atoms with van der Waals surface area (Å²) in [5.41, 5.74) is 9.16. The highest BCUT2D eigenvalue weighted by atomic mass is 14.6. The van der Waals surface area contributed by atoms with Crippen LogP contribution in [0.5, 0.6) is 0 Å². The van der Waals surface area contributed by atoms with Crippen LogP contribution in [-0.2, 0) is 0 Å². The third-order valence-corrected chi connectivity index (χ3v) is 3.20. The molecule has 2 N–H and O–H groups in total. The fourth-order valence-electron chi connectivity index (χ4n) is 2.40. The fraction of sp³-hybridized carbons (Fsp3) is 0.833. The molecule has 0 saturated heterocycles. The number of hydrogen-bond acceptors (Lipinski definition) is 1. The fourth-order valence-corrected chi connectivity index (χ4v) is 2.40. The Labute approximate surface area is 82.4 Å². The van der Waals surface area contributed by atoms with E-state index in [1.165, 1.54) is 32.1 Å². The van der Waals surface area contributed by atoms with Crippen molar-refractivity contribution < 1.29 is 0 Å². The van der Waals surface area contributed by atoms with Crippen molar-refractivity contribution in [1.82, 2.24) is 0 Å². The zero-order chi connectivity index (χ0) is 9.84. The Hall–Kier alpha value is -0.300. The first kappa shape index (κ1) is 10.8. The zero-order valence-corrected chi connectivity index (χ0v) is 9.27. The molecule has 1 nitrogen and oxygen atoms in total. The predicted octanol–water partition coefficient (Wildman–Crippen LogP) is 3.25. The minimum Gasteiger partial charge on any atom is -0.328 e. The van der Waals surface area contributed by atoms with Gasteiger partial charge in [0, 0.05) is 6.04 Å². The summed E-state index contributed by atoms with van der Waals surface area (Å²) < 4.78 is 0. The molecule has 0 aromatic heterocycles. The summed E-state index contributed by atoms with van der Waals surface area (Å²) in [5, 5.41) is 0. The van der Waals surface area contributed by atoms with E-state index in [0.29, 0.717) is 6.04 Å². The van der Waals surface area contributed by atoms with Gasteiger partial charge in [-0.1, -0.05) is 18.1 Å². The lowest BCUT2D eigenvalue weighted by atomic mass is 9.80. The molecule has 0 radical (unpaired) electrons. The van der Waals surface area contributed by atoms with Gasteiger partial charge in [-0.05, 0) is 51.9 Å². The number of nitrogens with two attached hydrogens (primary N) is 1. The number of allylic oxidation sites excluding steroid dienone is 2. The smallest absolute Gasteiger partial charge is 0.00132 e. The summed E-state index contributed by atoms with van der Waals surface area (Å²) in [6, 6.07) is 0.376. The van der Waals surface area contributed by atoms with E-state index in [-0.39, 0.29) is 0 Å². The molecule has 2 atom stereocenters. The largest absolute Gasteiger partial charge is 0.328 e. The Morgan fingerprint density at radius 3 is 2.77 bits per heavy atom. The van der Waals surface area contributed by atoms with Crippen LogP contribution in [0, 0.1) is 5.92 Å². The van der Waals surface area contributed by atoms with E-state index in [0.717, 1.165) is 5.92 Å². The Morgan fingerprint density at radius 2 is 2.23 bits per heavy atom. The van der Waals surface area contributed by atoms with E-state index >= 15 is 0 Å². The van der Waals surface area contributed by atoms with Gasteiger partial charge in [0.05, 0.1) is 0 Å². The van der Waals surface area contributed by atoms with E-state index in [1.54, 1.807) is 11.1 Å². The number of hydrogen-bond donors (Lipinski definition) is 1. The molecule has 0 fully saturated rings. The lowest BCUT2D eigenvalue weighted by Gasteiger charge is -2.26. The summed E-state index contributed by atoms with van der Waals surface area (Å²) in [6.45, 7) is 6.69. The van der Waals surface area contributed by atoms with Gasteiger partial charge in [-0.3, -0.25) is 0 Å². The topological polar surface area (TPSA) is 26.0 Å². The lowest BCUT2D eigenvalue weighted by Crippen LogP contribution is -2.21. The molecular weight excluding hydrogens is 158 g/mol. The molecule has 1 rings (SSSR count). The van der Waals surface area contributed by atoms with Crippen molar-refractivity contribution in [2.24, 2.45) is 11.7 Å².